The monoisotopic (exact) mass is 197 g/mol. The summed E-state index contributed by atoms with van der Waals surface area (Å²) in [6.07, 6.45) is 10.5. The van der Waals surface area contributed by atoms with Crippen LogP contribution in [0.15, 0.2) is 0 Å². The Labute approximate surface area is 87.5 Å². The van der Waals surface area contributed by atoms with Gasteiger partial charge in [0.15, 0.2) is 0 Å². The molecular formula is C12H23NO. The lowest BCUT2D eigenvalue weighted by Gasteiger charge is -2.15. The van der Waals surface area contributed by atoms with E-state index >= 15 is 0 Å². The number of hydrogen-bond acceptors (Lipinski definition) is 1. The highest BCUT2D eigenvalue weighted by molar-refractivity contribution is 5.76. The van der Waals surface area contributed by atoms with Crippen LogP contribution in [0.5, 0.6) is 0 Å². The summed E-state index contributed by atoms with van der Waals surface area (Å²) in [6.45, 7) is 2.12. The van der Waals surface area contributed by atoms with E-state index in [1.165, 1.54) is 38.5 Å². The van der Waals surface area contributed by atoms with E-state index in [4.69, 9.17) is 0 Å². The SMILES string of the molecule is CCCCC(=O)NC1CCCCCC1. The summed E-state index contributed by atoms with van der Waals surface area (Å²) >= 11 is 0. The van der Waals surface area contributed by atoms with E-state index in [-0.39, 0.29) is 5.91 Å². The molecule has 0 heterocycles. The normalized spacial score (nSPS) is 18.9. The molecule has 0 aliphatic heterocycles. The van der Waals surface area contributed by atoms with Gasteiger partial charge in [-0.3, -0.25) is 4.79 Å². The van der Waals surface area contributed by atoms with Crippen LogP contribution in [0.1, 0.15) is 64.7 Å². The molecule has 1 aliphatic carbocycles. The molecule has 1 fully saturated rings. The van der Waals surface area contributed by atoms with Crippen molar-refractivity contribution in [1.29, 1.82) is 0 Å². The van der Waals surface area contributed by atoms with Gasteiger partial charge in [-0.1, -0.05) is 39.0 Å². The van der Waals surface area contributed by atoms with Gasteiger partial charge in [0, 0.05) is 12.5 Å². The zero-order valence-electron chi connectivity index (χ0n) is 9.35. The molecule has 1 aliphatic rings. The first-order valence-electron chi connectivity index (χ1n) is 6.12. The molecule has 1 saturated carbocycles. The Morgan fingerprint density at radius 1 is 1.21 bits per heavy atom. The van der Waals surface area contributed by atoms with Crippen LogP contribution in [0.4, 0.5) is 0 Å². The van der Waals surface area contributed by atoms with Gasteiger partial charge >= 0.3 is 0 Å². The smallest absolute Gasteiger partial charge is 0.220 e. The molecule has 2 nitrogen and oxygen atoms in total. The van der Waals surface area contributed by atoms with Gasteiger partial charge < -0.3 is 5.32 Å². The minimum absolute atomic E-state index is 0.263. The van der Waals surface area contributed by atoms with Crippen LogP contribution in [-0.2, 0) is 4.79 Å². The predicted molar refractivity (Wildman–Crippen MR) is 59.2 cm³/mol. The molecule has 1 rings (SSSR count). The van der Waals surface area contributed by atoms with Crippen molar-refractivity contribution in [1.82, 2.24) is 5.32 Å². The van der Waals surface area contributed by atoms with Gasteiger partial charge in [-0.15, -0.1) is 0 Å². The second-order valence-electron chi connectivity index (χ2n) is 4.36. The fraction of sp³-hybridized carbons (Fsp3) is 0.917. The number of amides is 1. The van der Waals surface area contributed by atoms with Gasteiger partial charge in [0.1, 0.15) is 0 Å². The van der Waals surface area contributed by atoms with Gasteiger partial charge in [-0.25, -0.2) is 0 Å². The summed E-state index contributed by atoms with van der Waals surface area (Å²) in [5, 5.41) is 3.15. The topological polar surface area (TPSA) is 29.1 Å². The molecule has 0 saturated heterocycles. The lowest BCUT2D eigenvalue weighted by atomic mass is 10.1. The fourth-order valence-corrected chi connectivity index (χ4v) is 2.06. The van der Waals surface area contributed by atoms with E-state index in [0.29, 0.717) is 12.5 Å². The largest absolute Gasteiger partial charge is 0.353 e. The zero-order valence-corrected chi connectivity index (χ0v) is 9.35. The van der Waals surface area contributed by atoms with Crippen molar-refractivity contribution in [2.45, 2.75) is 70.8 Å². The first-order chi connectivity index (χ1) is 6.83. The Morgan fingerprint density at radius 2 is 1.86 bits per heavy atom. The number of carbonyl (C=O) groups excluding carboxylic acids is 1. The van der Waals surface area contributed by atoms with Crippen LogP contribution >= 0.6 is 0 Å². The quantitative estimate of drug-likeness (QED) is 0.690. The highest BCUT2D eigenvalue weighted by Crippen LogP contribution is 2.17. The molecule has 0 aromatic rings. The molecule has 0 spiro atoms. The third kappa shape index (κ3) is 4.64. The van der Waals surface area contributed by atoms with E-state index in [2.05, 4.69) is 12.2 Å². The Balaban J connectivity index is 2.17. The lowest BCUT2D eigenvalue weighted by Crippen LogP contribution is -2.34. The molecule has 0 bridgehead atoms. The summed E-state index contributed by atoms with van der Waals surface area (Å²) in [7, 11) is 0. The number of hydrogen-bond donors (Lipinski definition) is 1. The molecule has 1 amide bonds. The van der Waals surface area contributed by atoms with Crippen molar-refractivity contribution in [3.05, 3.63) is 0 Å². The molecule has 0 aromatic carbocycles. The summed E-state index contributed by atoms with van der Waals surface area (Å²) < 4.78 is 0. The first-order valence-corrected chi connectivity index (χ1v) is 6.12. The van der Waals surface area contributed by atoms with Gasteiger partial charge in [-0.2, -0.15) is 0 Å². The van der Waals surface area contributed by atoms with Crippen LogP contribution in [0.3, 0.4) is 0 Å². The zero-order chi connectivity index (χ0) is 10.2. The van der Waals surface area contributed by atoms with Crippen molar-refractivity contribution in [3.63, 3.8) is 0 Å². The molecular weight excluding hydrogens is 174 g/mol. The molecule has 0 unspecified atom stereocenters. The number of rotatable bonds is 4. The van der Waals surface area contributed by atoms with Gasteiger partial charge in [-0.05, 0) is 19.3 Å². The van der Waals surface area contributed by atoms with Crippen LogP contribution in [-0.4, -0.2) is 11.9 Å². The Morgan fingerprint density at radius 3 is 2.43 bits per heavy atom. The number of nitrogens with one attached hydrogen (secondary N) is 1. The minimum Gasteiger partial charge on any atom is -0.353 e. The van der Waals surface area contributed by atoms with Crippen LogP contribution < -0.4 is 5.32 Å². The molecule has 0 radical (unpaired) electrons. The maximum Gasteiger partial charge on any atom is 0.220 e. The second kappa shape index (κ2) is 6.86. The Kier molecular flexibility index (Phi) is 5.65. The van der Waals surface area contributed by atoms with Crippen molar-refractivity contribution in [3.8, 4) is 0 Å². The molecule has 14 heavy (non-hydrogen) atoms. The Bertz CT molecular complexity index is 160. The second-order valence-corrected chi connectivity index (χ2v) is 4.36. The van der Waals surface area contributed by atoms with E-state index in [9.17, 15) is 4.79 Å². The lowest BCUT2D eigenvalue weighted by molar-refractivity contribution is -0.122. The molecule has 0 aromatic heterocycles. The molecule has 2 heteroatoms. The van der Waals surface area contributed by atoms with E-state index in [1.54, 1.807) is 0 Å². The van der Waals surface area contributed by atoms with Crippen LogP contribution in [0.25, 0.3) is 0 Å². The van der Waals surface area contributed by atoms with Crippen LogP contribution in [0.2, 0.25) is 0 Å². The molecule has 1 N–H and O–H groups in total. The van der Waals surface area contributed by atoms with Gasteiger partial charge in [0.2, 0.25) is 5.91 Å². The maximum absolute atomic E-state index is 11.5. The van der Waals surface area contributed by atoms with Crippen molar-refractivity contribution < 1.29 is 4.79 Å². The van der Waals surface area contributed by atoms with Crippen molar-refractivity contribution in [2.24, 2.45) is 0 Å². The number of carbonyl (C=O) groups is 1. The van der Waals surface area contributed by atoms with E-state index in [1.807, 2.05) is 0 Å². The van der Waals surface area contributed by atoms with Gasteiger partial charge in [0.25, 0.3) is 0 Å². The third-order valence-corrected chi connectivity index (χ3v) is 2.98. The fourth-order valence-electron chi connectivity index (χ4n) is 2.06. The summed E-state index contributed by atoms with van der Waals surface area (Å²) in [4.78, 5) is 11.5. The highest BCUT2D eigenvalue weighted by Gasteiger charge is 2.13. The maximum atomic E-state index is 11.5. The molecule has 82 valence electrons. The van der Waals surface area contributed by atoms with Crippen LogP contribution in [0, 0.1) is 0 Å². The van der Waals surface area contributed by atoms with Crippen molar-refractivity contribution >= 4 is 5.91 Å². The molecule has 0 atom stereocenters. The van der Waals surface area contributed by atoms with Gasteiger partial charge in [0.05, 0.1) is 0 Å². The average molecular weight is 197 g/mol. The summed E-state index contributed by atoms with van der Waals surface area (Å²) in [5.74, 6) is 0.263. The standard InChI is InChI=1S/C12H23NO/c1-2-3-10-12(14)13-11-8-6-4-5-7-9-11/h11H,2-10H2,1H3,(H,13,14). The number of unbranched alkanes of at least 4 members (excludes halogenated alkanes) is 1. The minimum atomic E-state index is 0.263. The van der Waals surface area contributed by atoms with E-state index in [0.717, 1.165) is 12.8 Å². The highest BCUT2D eigenvalue weighted by atomic mass is 16.1. The van der Waals surface area contributed by atoms with Crippen molar-refractivity contribution in [2.75, 3.05) is 0 Å². The summed E-state index contributed by atoms with van der Waals surface area (Å²) in [6, 6.07) is 0.474. The summed E-state index contributed by atoms with van der Waals surface area (Å²) in [5.41, 5.74) is 0. The van der Waals surface area contributed by atoms with E-state index < -0.39 is 0 Å². The predicted octanol–water partition coefficient (Wildman–Crippen LogP) is 3.02. The Hall–Kier alpha value is -0.530. The average Bonchev–Trinajstić information content (AvgIpc) is 2.43. The third-order valence-electron chi connectivity index (χ3n) is 2.98. The first kappa shape index (κ1) is 11.5.